The number of hydrogen-bond acceptors (Lipinski definition) is 3. The average molecular weight is 216 g/mol. The molecule has 1 amide bonds. The van der Waals surface area contributed by atoms with E-state index in [1.165, 1.54) is 0 Å². The van der Waals surface area contributed by atoms with E-state index < -0.39 is 0 Å². The fourth-order valence-corrected chi connectivity index (χ4v) is 2.75. The minimum Gasteiger partial charge on any atom is -0.344 e. The van der Waals surface area contributed by atoms with Gasteiger partial charge in [-0.25, -0.2) is 0 Å². The molecule has 1 heterocycles. The second-order valence-corrected chi connectivity index (χ2v) is 4.97. The largest absolute Gasteiger partial charge is 0.344 e. The Kier molecular flexibility index (Phi) is 5.33. The molecule has 82 valence electrons. The molecule has 0 saturated carbocycles. The van der Waals surface area contributed by atoms with Gasteiger partial charge in [0.1, 0.15) is 0 Å². The van der Waals surface area contributed by atoms with Crippen LogP contribution in [0.2, 0.25) is 0 Å². The molecule has 1 aliphatic heterocycles. The molecule has 0 bridgehead atoms. The second kappa shape index (κ2) is 6.30. The van der Waals surface area contributed by atoms with E-state index in [2.05, 4.69) is 5.32 Å². The van der Waals surface area contributed by atoms with Gasteiger partial charge in [0.05, 0.1) is 0 Å². The van der Waals surface area contributed by atoms with Crippen LogP contribution in [0.4, 0.5) is 0 Å². The summed E-state index contributed by atoms with van der Waals surface area (Å²) in [4.78, 5) is 13.8. The summed E-state index contributed by atoms with van der Waals surface area (Å²) in [5.41, 5.74) is 0. The predicted molar refractivity (Wildman–Crippen MR) is 61.6 cm³/mol. The Bertz CT molecular complexity index is 181. The molecule has 1 rings (SSSR count). The number of carbonyl (C=O) groups excluding carboxylic acids is 1. The van der Waals surface area contributed by atoms with Crippen LogP contribution in [0.1, 0.15) is 12.8 Å². The molecule has 0 aromatic rings. The van der Waals surface area contributed by atoms with Crippen molar-refractivity contribution in [3.63, 3.8) is 0 Å². The Balaban J connectivity index is 2.30. The van der Waals surface area contributed by atoms with Crippen LogP contribution >= 0.6 is 11.8 Å². The first kappa shape index (κ1) is 11.9. The van der Waals surface area contributed by atoms with E-state index in [0.29, 0.717) is 5.91 Å². The monoisotopic (exact) mass is 216 g/mol. The standard InChI is InChI=1S/C10H20N2OS/c1-11-5-6-12(2)10(13)9-3-7-14-8-4-9/h9,11H,3-8H2,1-2H3. The van der Waals surface area contributed by atoms with Gasteiger partial charge in [-0.05, 0) is 31.4 Å². The molecule has 0 spiro atoms. The van der Waals surface area contributed by atoms with Gasteiger partial charge in [-0.15, -0.1) is 0 Å². The van der Waals surface area contributed by atoms with Crippen molar-refractivity contribution in [1.82, 2.24) is 10.2 Å². The van der Waals surface area contributed by atoms with E-state index in [1.807, 2.05) is 30.8 Å². The van der Waals surface area contributed by atoms with Gasteiger partial charge in [0, 0.05) is 26.1 Å². The zero-order chi connectivity index (χ0) is 10.4. The highest BCUT2D eigenvalue weighted by atomic mass is 32.2. The van der Waals surface area contributed by atoms with Crippen LogP contribution in [0, 0.1) is 5.92 Å². The lowest BCUT2D eigenvalue weighted by molar-refractivity contribution is -0.134. The number of rotatable bonds is 4. The Labute approximate surface area is 90.6 Å². The Morgan fingerprint density at radius 1 is 1.50 bits per heavy atom. The van der Waals surface area contributed by atoms with Crippen molar-refractivity contribution >= 4 is 17.7 Å². The van der Waals surface area contributed by atoms with Crippen LogP contribution in [0.25, 0.3) is 0 Å². The van der Waals surface area contributed by atoms with Crippen molar-refractivity contribution in [1.29, 1.82) is 0 Å². The van der Waals surface area contributed by atoms with Crippen LogP contribution in [-0.2, 0) is 4.79 Å². The first-order valence-electron chi connectivity index (χ1n) is 5.23. The number of amides is 1. The topological polar surface area (TPSA) is 32.3 Å². The lowest BCUT2D eigenvalue weighted by atomic mass is 10.0. The average Bonchev–Trinajstić information content (AvgIpc) is 2.26. The van der Waals surface area contributed by atoms with Crippen LogP contribution in [-0.4, -0.2) is 49.5 Å². The minimum absolute atomic E-state index is 0.290. The molecule has 0 aliphatic carbocycles. The number of nitrogens with zero attached hydrogens (tertiary/aromatic N) is 1. The molecule has 1 aliphatic rings. The van der Waals surface area contributed by atoms with Crippen LogP contribution < -0.4 is 5.32 Å². The first-order chi connectivity index (χ1) is 6.75. The van der Waals surface area contributed by atoms with Gasteiger partial charge in [0.15, 0.2) is 0 Å². The minimum atomic E-state index is 0.290. The first-order valence-corrected chi connectivity index (χ1v) is 6.38. The third-order valence-electron chi connectivity index (χ3n) is 2.64. The molecular weight excluding hydrogens is 196 g/mol. The van der Waals surface area contributed by atoms with Gasteiger partial charge in [0.2, 0.25) is 5.91 Å². The van der Waals surface area contributed by atoms with Crippen molar-refractivity contribution in [2.24, 2.45) is 5.92 Å². The summed E-state index contributed by atoms with van der Waals surface area (Å²) in [6.07, 6.45) is 2.13. The normalized spacial score (nSPS) is 18.1. The smallest absolute Gasteiger partial charge is 0.225 e. The number of thioether (sulfide) groups is 1. The molecule has 4 heteroatoms. The number of likely N-dealkylation sites (N-methyl/N-ethyl adjacent to an activating group) is 2. The molecular formula is C10H20N2OS. The van der Waals surface area contributed by atoms with Crippen LogP contribution in [0.15, 0.2) is 0 Å². The molecule has 0 aromatic carbocycles. The predicted octanol–water partition coefficient (Wildman–Crippen LogP) is 0.807. The second-order valence-electron chi connectivity index (χ2n) is 3.75. The molecule has 0 unspecified atom stereocenters. The van der Waals surface area contributed by atoms with E-state index in [-0.39, 0.29) is 5.92 Å². The highest BCUT2D eigenvalue weighted by Gasteiger charge is 2.23. The SMILES string of the molecule is CNCCN(C)C(=O)C1CCSCC1. The quantitative estimate of drug-likeness (QED) is 0.755. The lowest BCUT2D eigenvalue weighted by Gasteiger charge is -2.26. The summed E-state index contributed by atoms with van der Waals surface area (Å²) in [7, 11) is 3.82. The molecule has 1 fully saturated rings. The van der Waals surface area contributed by atoms with Gasteiger partial charge < -0.3 is 10.2 Å². The van der Waals surface area contributed by atoms with Crippen molar-refractivity contribution in [2.75, 3.05) is 38.7 Å². The van der Waals surface area contributed by atoms with Gasteiger partial charge in [0.25, 0.3) is 0 Å². The van der Waals surface area contributed by atoms with Crippen molar-refractivity contribution in [3.8, 4) is 0 Å². The molecule has 1 saturated heterocycles. The summed E-state index contributed by atoms with van der Waals surface area (Å²) < 4.78 is 0. The Hall–Kier alpha value is -0.220. The van der Waals surface area contributed by atoms with E-state index in [1.54, 1.807) is 0 Å². The van der Waals surface area contributed by atoms with Gasteiger partial charge >= 0.3 is 0 Å². The number of carbonyl (C=O) groups is 1. The zero-order valence-corrected chi connectivity index (χ0v) is 9.90. The molecule has 1 N–H and O–H groups in total. The highest BCUT2D eigenvalue weighted by molar-refractivity contribution is 7.99. The van der Waals surface area contributed by atoms with Crippen LogP contribution in [0.3, 0.4) is 0 Å². The van der Waals surface area contributed by atoms with Crippen LogP contribution in [0.5, 0.6) is 0 Å². The summed E-state index contributed by atoms with van der Waals surface area (Å²) >= 11 is 1.96. The molecule has 0 radical (unpaired) electrons. The highest BCUT2D eigenvalue weighted by Crippen LogP contribution is 2.23. The maximum absolute atomic E-state index is 11.9. The van der Waals surface area contributed by atoms with Crippen molar-refractivity contribution < 1.29 is 4.79 Å². The molecule has 0 aromatic heterocycles. The molecule has 14 heavy (non-hydrogen) atoms. The molecule has 3 nitrogen and oxygen atoms in total. The third kappa shape index (κ3) is 3.50. The molecule has 0 atom stereocenters. The summed E-state index contributed by atoms with van der Waals surface area (Å²) in [5.74, 6) is 2.92. The third-order valence-corrected chi connectivity index (χ3v) is 3.69. The Morgan fingerprint density at radius 3 is 2.71 bits per heavy atom. The summed E-state index contributed by atoms with van der Waals surface area (Å²) in [5, 5.41) is 3.06. The van der Waals surface area contributed by atoms with E-state index in [4.69, 9.17) is 0 Å². The zero-order valence-electron chi connectivity index (χ0n) is 9.08. The van der Waals surface area contributed by atoms with E-state index >= 15 is 0 Å². The summed E-state index contributed by atoms with van der Waals surface area (Å²) in [6, 6.07) is 0. The number of hydrogen-bond donors (Lipinski definition) is 1. The number of nitrogens with one attached hydrogen (secondary N) is 1. The van der Waals surface area contributed by atoms with E-state index in [9.17, 15) is 4.79 Å². The van der Waals surface area contributed by atoms with Crippen molar-refractivity contribution in [2.45, 2.75) is 12.8 Å². The van der Waals surface area contributed by atoms with Crippen molar-refractivity contribution in [3.05, 3.63) is 0 Å². The van der Waals surface area contributed by atoms with Gasteiger partial charge in [-0.2, -0.15) is 11.8 Å². The maximum Gasteiger partial charge on any atom is 0.225 e. The van der Waals surface area contributed by atoms with Gasteiger partial charge in [-0.1, -0.05) is 0 Å². The fraction of sp³-hybridized carbons (Fsp3) is 0.900. The van der Waals surface area contributed by atoms with E-state index in [0.717, 1.165) is 37.4 Å². The summed E-state index contributed by atoms with van der Waals surface area (Å²) in [6.45, 7) is 1.70. The van der Waals surface area contributed by atoms with Gasteiger partial charge in [-0.3, -0.25) is 4.79 Å². The Morgan fingerprint density at radius 2 is 2.14 bits per heavy atom. The maximum atomic E-state index is 11.9. The fourth-order valence-electron chi connectivity index (χ4n) is 1.65. The lowest BCUT2D eigenvalue weighted by Crippen LogP contribution is -2.38.